The van der Waals surface area contributed by atoms with Crippen LogP contribution < -0.4 is 0 Å². The van der Waals surface area contributed by atoms with Crippen molar-refractivity contribution in [1.29, 1.82) is 0 Å². The molecule has 1 aliphatic heterocycles. The Hall–Kier alpha value is -1.69. The van der Waals surface area contributed by atoms with Crippen molar-refractivity contribution in [3.05, 3.63) is 29.7 Å². The smallest absolute Gasteiger partial charge is 0.232 e. The zero-order valence-corrected chi connectivity index (χ0v) is 13.2. The third-order valence-electron chi connectivity index (χ3n) is 3.93. The van der Waals surface area contributed by atoms with E-state index in [1.165, 1.54) is 12.0 Å². The van der Waals surface area contributed by atoms with Gasteiger partial charge in [-0.3, -0.25) is 9.58 Å². The summed E-state index contributed by atoms with van der Waals surface area (Å²) in [6.45, 7) is 8.05. The number of nitrogens with zero attached hydrogens (tertiary/aromatic N) is 5. The van der Waals surface area contributed by atoms with Gasteiger partial charge in [0.2, 0.25) is 5.89 Å². The minimum atomic E-state index is -0.0982. The van der Waals surface area contributed by atoms with Gasteiger partial charge in [0.05, 0.1) is 12.7 Å². The highest BCUT2D eigenvalue weighted by molar-refractivity contribution is 5.12. The maximum atomic E-state index is 5.38. The third kappa shape index (κ3) is 3.00. The topological polar surface area (TPSA) is 60.0 Å². The van der Waals surface area contributed by atoms with E-state index in [-0.39, 0.29) is 5.41 Å². The first-order valence-electron chi connectivity index (χ1n) is 7.49. The Morgan fingerprint density at radius 2 is 2.19 bits per heavy atom. The lowest BCUT2D eigenvalue weighted by Gasteiger charge is -2.21. The molecule has 6 heteroatoms. The fraction of sp³-hybridized carbons (Fsp3) is 0.667. The normalized spacial score (nSPS) is 20.3. The van der Waals surface area contributed by atoms with Gasteiger partial charge in [0.1, 0.15) is 0 Å². The van der Waals surface area contributed by atoms with Gasteiger partial charge < -0.3 is 4.52 Å². The van der Waals surface area contributed by atoms with Crippen LogP contribution in [0.1, 0.15) is 56.9 Å². The highest BCUT2D eigenvalue weighted by Gasteiger charge is 2.29. The summed E-state index contributed by atoms with van der Waals surface area (Å²) < 4.78 is 7.24. The molecule has 3 heterocycles. The number of likely N-dealkylation sites (tertiary alicyclic amines) is 1. The van der Waals surface area contributed by atoms with Crippen LogP contribution in [0.3, 0.4) is 0 Å². The molecule has 0 N–H and O–H groups in total. The lowest BCUT2D eigenvalue weighted by Crippen LogP contribution is -2.23. The molecule has 2 aromatic heterocycles. The Kier molecular flexibility index (Phi) is 3.57. The van der Waals surface area contributed by atoms with Crippen LogP contribution in [0, 0.1) is 0 Å². The fourth-order valence-corrected chi connectivity index (χ4v) is 2.81. The summed E-state index contributed by atoms with van der Waals surface area (Å²) in [6, 6.07) is 0.412. The standard InChI is InChI=1S/C15H23N5O/c1-15(2,3)14-17-13(18-21-14)10-20-7-5-6-12(20)11-8-16-19(4)9-11/h8-9,12H,5-7,10H2,1-4H3/t12-/m1/s1. The van der Waals surface area contributed by atoms with Crippen molar-refractivity contribution >= 4 is 0 Å². The first kappa shape index (κ1) is 14.3. The van der Waals surface area contributed by atoms with Gasteiger partial charge in [0.15, 0.2) is 5.82 Å². The molecule has 0 bridgehead atoms. The van der Waals surface area contributed by atoms with Gasteiger partial charge in [-0.1, -0.05) is 25.9 Å². The third-order valence-corrected chi connectivity index (χ3v) is 3.93. The van der Waals surface area contributed by atoms with Crippen LogP contribution in [0.25, 0.3) is 0 Å². The molecule has 114 valence electrons. The van der Waals surface area contributed by atoms with Crippen LogP contribution in [0.2, 0.25) is 0 Å². The predicted octanol–water partition coefficient (Wildman–Crippen LogP) is 2.44. The van der Waals surface area contributed by atoms with Gasteiger partial charge >= 0.3 is 0 Å². The van der Waals surface area contributed by atoms with Crippen molar-refractivity contribution in [3.63, 3.8) is 0 Å². The second kappa shape index (κ2) is 5.26. The van der Waals surface area contributed by atoms with Gasteiger partial charge in [0.25, 0.3) is 0 Å². The van der Waals surface area contributed by atoms with Crippen LogP contribution in [-0.4, -0.2) is 31.4 Å². The summed E-state index contributed by atoms with van der Waals surface area (Å²) >= 11 is 0. The SMILES string of the molecule is Cn1cc([C@H]2CCCN2Cc2noc(C(C)(C)C)n2)cn1. The molecule has 0 amide bonds. The summed E-state index contributed by atoms with van der Waals surface area (Å²) in [5, 5.41) is 8.41. The van der Waals surface area contributed by atoms with E-state index in [4.69, 9.17) is 4.52 Å². The van der Waals surface area contributed by atoms with Crippen molar-refractivity contribution < 1.29 is 4.52 Å². The van der Waals surface area contributed by atoms with E-state index in [9.17, 15) is 0 Å². The van der Waals surface area contributed by atoms with E-state index in [1.54, 1.807) is 0 Å². The fourth-order valence-electron chi connectivity index (χ4n) is 2.81. The maximum Gasteiger partial charge on any atom is 0.232 e. The Labute approximate surface area is 125 Å². The average molecular weight is 289 g/mol. The minimum absolute atomic E-state index is 0.0982. The number of aryl methyl sites for hydroxylation is 1. The number of hydrogen-bond donors (Lipinski definition) is 0. The number of hydrogen-bond acceptors (Lipinski definition) is 5. The Morgan fingerprint density at radius 1 is 1.38 bits per heavy atom. The molecule has 21 heavy (non-hydrogen) atoms. The molecule has 3 rings (SSSR count). The second-order valence-corrected chi connectivity index (χ2v) is 6.84. The Morgan fingerprint density at radius 3 is 2.81 bits per heavy atom. The summed E-state index contributed by atoms with van der Waals surface area (Å²) in [7, 11) is 1.96. The predicted molar refractivity (Wildman–Crippen MR) is 78.6 cm³/mol. The molecule has 0 unspecified atom stereocenters. The van der Waals surface area contributed by atoms with Gasteiger partial charge in [-0.05, 0) is 19.4 Å². The van der Waals surface area contributed by atoms with Gasteiger partial charge in [-0.15, -0.1) is 0 Å². The number of rotatable bonds is 3. The first-order chi connectivity index (χ1) is 9.93. The van der Waals surface area contributed by atoms with Crippen molar-refractivity contribution in [2.24, 2.45) is 7.05 Å². The molecular formula is C15H23N5O. The molecule has 0 spiro atoms. The van der Waals surface area contributed by atoms with Gasteiger partial charge in [0, 0.05) is 30.3 Å². The highest BCUT2D eigenvalue weighted by atomic mass is 16.5. The lowest BCUT2D eigenvalue weighted by molar-refractivity contribution is 0.237. The molecule has 6 nitrogen and oxygen atoms in total. The van der Waals surface area contributed by atoms with E-state index in [0.29, 0.717) is 11.9 Å². The molecule has 2 aromatic rings. The van der Waals surface area contributed by atoms with Crippen molar-refractivity contribution in [2.45, 2.75) is 51.6 Å². The Bertz CT molecular complexity index is 610. The number of aromatic nitrogens is 4. The summed E-state index contributed by atoms with van der Waals surface area (Å²) in [5.74, 6) is 1.48. The molecule has 0 aliphatic carbocycles. The molecule has 1 atom stereocenters. The highest BCUT2D eigenvalue weighted by Crippen LogP contribution is 2.32. The molecule has 1 saturated heterocycles. The lowest BCUT2D eigenvalue weighted by atomic mass is 9.97. The van der Waals surface area contributed by atoms with Crippen molar-refractivity contribution in [3.8, 4) is 0 Å². The maximum absolute atomic E-state index is 5.38. The summed E-state index contributed by atoms with van der Waals surface area (Å²) in [6.07, 6.45) is 6.42. The average Bonchev–Trinajstić information content (AvgIpc) is 3.08. The second-order valence-electron chi connectivity index (χ2n) is 6.84. The van der Waals surface area contributed by atoms with Crippen molar-refractivity contribution in [2.75, 3.05) is 6.54 Å². The van der Waals surface area contributed by atoms with Crippen LogP contribution in [0.15, 0.2) is 16.9 Å². The van der Waals surface area contributed by atoms with E-state index in [0.717, 1.165) is 25.3 Å². The van der Waals surface area contributed by atoms with Crippen LogP contribution >= 0.6 is 0 Å². The minimum Gasteiger partial charge on any atom is -0.339 e. The van der Waals surface area contributed by atoms with Gasteiger partial charge in [-0.25, -0.2) is 0 Å². The van der Waals surface area contributed by atoms with Crippen LogP contribution in [0.5, 0.6) is 0 Å². The monoisotopic (exact) mass is 289 g/mol. The van der Waals surface area contributed by atoms with Crippen LogP contribution in [0.4, 0.5) is 0 Å². The molecule has 1 aliphatic rings. The summed E-state index contributed by atoms with van der Waals surface area (Å²) in [5.41, 5.74) is 1.17. The molecular weight excluding hydrogens is 266 g/mol. The van der Waals surface area contributed by atoms with E-state index < -0.39 is 0 Å². The van der Waals surface area contributed by atoms with E-state index >= 15 is 0 Å². The van der Waals surface area contributed by atoms with E-state index in [1.807, 2.05) is 17.9 Å². The molecule has 0 aromatic carbocycles. The van der Waals surface area contributed by atoms with Crippen LogP contribution in [-0.2, 0) is 19.0 Å². The Balaban J connectivity index is 1.73. The zero-order chi connectivity index (χ0) is 15.0. The molecule has 1 fully saturated rings. The largest absolute Gasteiger partial charge is 0.339 e. The van der Waals surface area contributed by atoms with Gasteiger partial charge in [-0.2, -0.15) is 10.1 Å². The quantitative estimate of drug-likeness (QED) is 0.868. The molecule has 0 saturated carbocycles. The first-order valence-corrected chi connectivity index (χ1v) is 7.49. The van der Waals surface area contributed by atoms with E-state index in [2.05, 4.69) is 47.1 Å². The zero-order valence-electron chi connectivity index (χ0n) is 13.2. The van der Waals surface area contributed by atoms with Crippen molar-refractivity contribution in [1.82, 2.24) is 24.8 Å². The molecule has 0 radical (unpaired) electrons. The summed E-state index contributed by atoms with van der Waals surface area (Å²) in [4.78, 5) is 6.95.